The summed E-state index contributed by atoms with van der Waals surface area (Å²) in [6.45, 7) is 4.49. The zero-order chi connectivity index (χ0) is 10.1. The summed E-state index contributed by atoms with van der Waals surface area (Å²) in [7, 11) is 0. The zero-order valence-corrected chi connectivity index (χ0v) is 9.38. The smallest absolute Gasteiger partial charge is 0.0406 e. The van der Waals surface area contributed by atoms with E-state index in [9.17, 15) is 0 Å². The molecular weight excluding hydrogens is 194 g/mol. The summed E-state index contributed by atoms with van der Waals surface area (Å²) >= 11 is 5.84. The topological polar surface area (TPSA) is 12.0 Å². The molecule has 1 saturated carbocycles. The van der Waals surface area contributed by atoms with E-state index in [0.29, 0.717) is 6.04 Å². The Labute approximate surface area is 90.5 Å². The van der Waals surface area contributed by atoms with Crippen molar-refractivity contribution in [3.05, 3.63) is 34.9 Å². The Bertz CT molecular complexity index is 307. The normalized spacial score (nSPS) is 27.4. The van der Waals surface area contributed by atoms with Crippen molar-refractivity contribution >= 4 is 11.6 Å². The summed E-state index contributed by atoms with van der Waals surface area (Å²) < 4.78 is 0. The molecule has 14 heavy (non-hydrogen) atoms. The molecule has 1 nitrogen and oxygen atoms in total. The van der Waals surface area contributed by atoms with E-state index < -0.39 is 0 Å². The van der Waals surface area contributed by atoms with Crippen molar-refractivity contribution in [2.45, 2.75) is 32.4 Å². The van der Waals surface area contributed by atoms with Gasteiger partial charge in [0.05, 0.1) is 0 Å². The molecule has 2 rings (SSSR count). The first-order valence-corrected chi connectivity index (χ1v) is 5.56. The third-order valence-electron chi connectivity index (χ3n) is 2.94. The van der Waals surface area contributed by atoms with Crippen LogP contribution in [-0.2, 0) is 0 Å². The van der Waals surface area contributed by atoms with Crippen LogP contribution in [0.4, 0.5) is 0 Å². The summed E-state index contributed by atoms with van der Waals surface area (Å²) in [4.78, 5) is 0. The highest BCUT2D eigenvalue weighted by Gasteiger charge is 2.33. The lowest BCUT2D eigenvalue weighted by Gasteiger charge is -2.13. The lowest BCUT2D eigenvalue weighted by Crippen LogP contribution is -2.21. The van der Waals surface area contributed by atoms with Gasteiger partial charge >= 0.3 is 0 Å². The molecule has 0 radical (unpaired) electrons. The van der Waals surface area contributed by atoms with Crippen LogP contribution in [0, 0.1) is 5.92 Å². The van der Waals surface area contributed by atoms with Gasteiger partial charge in [-0.25, -0.2) is 0 Å². The molecule has 0 heterocycles. The van der Waals surface area contributed by atoms with Crippen LogP contribution >= 0.6 is 11.6 Å². The molecular formula is C12H16ClN. The number of halogens is 1. The fourth-order valence-corrected chi connectivity index (χ4v) is 1.85. The lowest BCUT2D eigenvalue weighted by molar-refractivity contribution is 0.552. The number of nitrogens with one attached hydrogen (secondary N) is 1. The molecule has 2 heteroatoms. The van der Waals surface area contributed by atoms with Gasteiger partial charge in [-0.1, -0.05) is 30.7 Å². The highest BCUT2D eigenvalue weighted by atomic mass is 35.5. The Hall–Kier alpha value is -0.530. The average molecular weight is 210 g/mol. The summed E-state index contributed by atoms with van der Waals surface area (Å²) in [5.41, 5.74) is 1.31. The highest BCUT2D eigenvalue weighted by molar-refractivity contribution is 6.30. The van der Waals surface area contributed by atoms with Crippen LogP contribution in [0.2, 0.25) is 5.02 Å². The van der Waals surface area contributed by atoms with Crippen molar-refractivity contribution in [2.24, 2.45) is 5.92 Å². The summed E-state index contributed by atoms with van der Waals surface area (Å²) in [6, 6.07) is 9.24. The van der Waals surface area contributed by atoms with Crippen molar-refractivity contribution in [3.63, 3.8) is 0 Å². The van der Waals surface area contributed by atoms with E-state index >= 15 is 0 Å². The zero-order valence-electron chi connectivity index (χ0n) is 8.63. The van der Waals surface area contributed by atoms with E-state index in [2.05, 4.69) is 31.3 Å². The third-order valence-corrected chi connectivity index (χ3v) is 3.20. The Balaban J connectivity index is 1.96. The summed E-state index contributed by atoms with van der Waals surface area (Å²) in [6.07, 6.45) is 1.32. The van der Waals surface area contributed by atoms with E-state index in [-0.39, 0.29) is 0 Å². The van der Waals surface area contributed by atoms with E-state index in [1.165, 1.54) is 12.0 Å². The minimum absolute atomic E-state index is 0.433. The van der Waals surface area contributed by atoms with Crippen LogP contribution in [0.3, 0.4) is 0 Å². The molecule has 1 aromatic rings. The molecule has 1 aromatic carbocycles. The van der Waals surface area contributed by atoms with Gasteiger partial charge in [0.15, 0.2) is 0 Å². The maximum absolute atomic E-state index is 5.84. The SMILES string of the molecule is CC(NC1CC1C)c1ccc(Cl)cc1. The van der Waals surface area contributed by atoms with E-state index in [1.54, 1.807) is 0 Å². The lowest BCUT2D eigenvalue weighted by atomic mass is 10.1. The summed E-state index contributed by atoms with van der Waals surface area (Å²) in [5.74, 6) is 0.852. The number of hydrogen-bond donors (Lipinski definition) is 1. The summed E-state index contributed by atoms with van der Waals surface area (Å²) in [5, 5.41) is 4.40. The molecule has 0 aromatic heterocycles. The van der Waals surface area contributed by atoms with Gasteiger partial charge in [-0.3, -0.25) is 0 Å². The van der Waals surface area contributed by atoms with Crippen LogP contribution < -0.4 is 5.32 Å². The molecule has 0 aliphatic heterocycles. The second kappa shape index (κ2) is 3.92. The largest absolute Gasteiger partial charge is 0.307 e. The van der Waals surface area contributed by atoms with Gasteiger partial charge in [0, 0.05) is 17.1 Å². The highest BCUT2D eigenvalue weighted by Crippen LogP contribution is 2.31. The first-order chi connectivity index (χ1) is 6.66. The third kappa shape index (κ3) is 2.28. The molecule has 1 fully saturated rings. The van der Waals surface area contributed by atoms with Gasteiger partial charge in [-0.2, -0.15) is 0 Å². The van der Waals surface area contributed by atoms with Crippen molar-refractivity contribution in [3.8, 4) is 0 Å². The molecule has 3 unspecified atom stereocenters. The van der Waals surface area contributed by atoms with Crippen LogP contribution in [-0.4, -0.2) is 6.04 Å². The van der Waals surface area contributed by atoms with Crippen molar-refractivity contribution in [2.75, 3.05) is 0 Å². The molecule has 0 saturated heterocycles. The predicted octanol–water partition coefficient (Wildman–Crippen LogP) is 3.40. The molecule has 0 amide bonds. The molecule has 1 aliphatic carbocycles. The maximum Gasteiger partial charge on any atom is 0.0406 e. The van der Waals surface area contributed by atoms with Crippen LogP contribution in [0.5, 0.6) is 0 Å². The van der Waals surface area contributed by atoms with Gasteiger partial charge in [0.2, 0.25) is 0 Å². The average Bonchev–Trinajstić information content (AvgIpc) is 2.82. The standard InChI is InChI=1S/C12H16ClN/c1-8-7-12(8)14-9(2)10-3-5-11(13)6-4-10/h3-6,8-9,12,14H,7H2,1-2H3. The van der Waals surface area contributed by atoms with Crippen LogP contribution in [0.1, 0.15) is 31.9 Å². The molecule has 0 bridgehead atoms. The van der Waals surface area contributed by atoms with E-state index in [4.69, 9.17) is 11.6 Å². The van der Waals surface area contributed by atoms with Crippen LogP contribution in [0.25, 0.3) is 0 Å². The first kappa shape index (κ1) is 10.0. The second-order valence-electron chi connectivity index (χ2n) is 4.26. The van der Waals surface area contributed by atoms with Gasteiger partial charge in [0.25, 0.3) is 0 Å². The predicted molar refractivity (Wildman–Crippen MR) is 60.6 cm³/mol. The fraction of sp³-hybridized carbons (Fsp3) is 0.500. The Morgan fingerprint density at radius 3 is 2.43 bits per heavy atom. The number of benzene rings is 1. The van der Waals surface area contributed by atoms with Crippen molar-refractivity contribution < 1.29 is 0 Å². The van der Waals surface area contributed by atoms with Gasteiger partial charge in [-0.15, -0.1) is 0 Å². The fourth-order valence-electron chi connectivity index (χ4n) is 1.72. The quantitative estimate of drug-likeness (QED) is 0.805. The van der Waals surface area contributed by atoms with Crippen LogP contribution in [0.15, 0.2) is 24.3 Å². The monoisotopic (exact) mass is 209 g/mol. The van der Waals surface area contributed by atoms with Gasteiger partial charge < -0.3 is 5.32 Å². The molecule has 76 valence electrons. The van der Waals surface area contributed by atoms with Gasteiger partial charge in [0.1, 0.15) is 0 Å². The number of rotatable bonds is 3. The van der Waals surface area contributed by atoms with E-state index in [0.717, 1.165) is 17.0 Å². The maximum atomic E-state index is 5.84. The molecule has 3 atom stereocenters. The van der Waals surface area contributed by atoms with Gasteiger partial charge in [-0.05, 0) is 37.0 Å². The second-order valence-corrected chi connectivity index (χ2v) is 4.70. The number of hydrogen-bond acceptors (Lipinski definition) is 1. The minimum Gasteiger partial charge on any atom is -0.307 e. The Kier molecular flexibility index (Phi) is 2.80. The Morgan fingerprint density at radius 2 is 1.93 bits per heavy atom. The van der Waals surface area contributed by atoms with Crippen molar-refractivity contribution in [1.29, 1.82) is 0 Å². The minimum atomic E-state index is 0.433. The molecule has 1 aliphatic rings. The molecule has 0 spiro atoms. The first-order valence-electron chi connectivity index (χ1n) is 5.18. The van der Waals surface area contributed by atoms with E-state index in [1.807, 2.05) is 12.1 Å². The van der Waals surface area contributed by atoms with Crippen molar-refractivity contribution in [1.82, 2.24) is 5.32 Å². The molecule has 1 N–H and O–H groups in total. The Morgan fingerprint density at radius 1 is 1.36 bits per heavy atom.